The van der Waals surface area contributed by atoms with Gasteiger partial charge in [0, 0.05) is 11.6 Å². The lowest BCUT2D eigenvalue weighted by atomic mass is 9.76. The zero-order valence-corrected chi connectivity index (χ0v) is 19.3. The van der Waals surface area contributed by atoms with Crippen LogP contribution < -0.4 is 10.2 Å². The van der Waals surface area contributed by atoms with Crippen molar-refractivity contribution in [3.8, 4) is 0 Å². The average molecular weight is 467 g/mol. The molecule has 0 unspecified atom stereocenters. The molecule has 2 saturated heterocycles. The fraction of sp³-hybridized carbons (Fsp3) is 0.385. The number of esters is 1. The molecule has 0 aromatic heterocycles. The number of nitrogens with zero attached hydrogens (tertiary/aromatic N) is 1. The molecule has 7 nitrogen and oxygen atoms in total. The lowest BCUT2D eigenvalue weighted by Crippen LogP contribution is -2.56. The lowest BCUT2D eigenvalue weighted by molar-refractivity contribution is -0.152. The van der Waals surface area contributed by atoms with E-state index in [1.54, 1.807) is 24.3 Å². The van der Waals surface area contributed by atoms with Gasteiger partial charge in [0.2, 0.25) is 11.8 Å². The molecule has 8 heteroatoms. The van der Waals surface area contributed by atoms with Crippen molar-refractivity contribution in [1.82, 2.24) is 5.32 Å². The molecule has 0 bridgehead atoms. The van der Waals surface area contributed by atoms with E-state index >= 15 is 0 Å². The Hall–Kier alpha value is -3.39. The number of fused-ring (bicyclic) bond motifs is 1. The van der Waals surface area contributed by atoms with Crippen LogP contribution in [0.1, 0.15) is 55.1 Å². The van der Waals surface area contributed by atoms with Gasteiger partial charge in [-0.15, -0.1) is 0 Å². The van der Waals surface area contributed by atoms with Crippen molar-refractivity contribution < 1.29 is 28.3 Å². The Bertz CT molecular complexity index is 1170. The zero-order chi connectivity index (χ0) is 24.6. The van der Waals surface area contributed by atoms with Crippen LogP contribution in [0.2, 0.25) is 0 Å². The minimum atomic E-state index is -1.44. The van der Waals surface area contributed by atoms with Gasteiger partial charge in [0.25, 0.3) is 0 Å². The number of hydrogen-bond donors (Lipinski definition) is 1. The number of unbranched alkanes of at least 4 members (excludes halogenated alkanes) is 1. The highest BCUT2D eigenvalue weighted by atomic mass is 19.1. The second-order valence-corrected chi connectivity index (χ2v) is 8.87. The molecule has 2 amide bonds. The Kier molecular flexibility index (Phi) is 6.36. The molecule has 34 heavy (non-hydrogen) atoms. The van der Waals surface area contributed by atoms with Crippen LogP contribution in [-0.4, -0.2) is 36.2 Å². The molecule has 2 fully saturated rings. The largest absolute Gasteiger partial charge is 0.468 e. The summed E-state index contributed by atoms with van der Waals surface area (Å²) in [6, 6.07) is 11.3. The molecule has 2 heterocycles. The maximum Gasteiger partial charge on any atom is 0.326 e. The molecule has 1 N–H and O–H groups in total. The number of ketones is 1. The van der Waals surface area contributed by atoms with Gasteiger partial charge in [0.1, 0.15) is 11.4 Å². The smallest absolute Gasteiger partial charge is 0.326 e. The summed E-state index contributed by atoms with van der Waals surface area (Å²) in [4.78, 5) is 53.7. The summed E-state index contributed by atoms with van der Waals surface area (Å²) in [5.41, 5.74) is -0.339. The number of Topliss-reactive ketones (excluding diaryl/α,β-unsaturated/α-hetero) is 1. The van der Waals surface area contributed by atoms with E-state index in [-0.39, 0.29) is 17.9 Å². The molecule has 178 valence electrons. The van der Waals surface area contributed by atoms with Crippen molar-refractivity contribution in [1.29, 1.82) is 0 Å². The molecule has 2 aliphatic heterocycles. The molecule has 0 saturated carbocycles. The molecule has 4 atom stereocenters. The number of nitrogens with one attached hydrogen (secondary N) is 1. The fourth-order valence-corrected chi connectivity index (χ4v) is 5.26. The summed E-state index contributed by atoms with van der Waals surface area (Å²) >= 11 is 0. The average Bonchev–Trinajstić information content (AvgIpc) is 3.31. The number of hydrogen-bond acceptors (Lipinski definition) is 6. The molecule has 2 aromatic carbocycles. The molecule has 0 spiro atoms. The second-order valence-electron chi connectivity index (χ2n) is 8.87. The number of carbonyl (C=O) groups is 4. The van der Waals surface area contributed by atoms with Gasteiger partial charge < -0.3 is 4.74 Å². The number of carbonyl (C=O) groups excluding carboxylic acids is 4. The fourth-order valence-electron chi connectivity index (χ4n) is 5.26. The number of halogens is 1. The van der Waals surface area contributed by atoms with Crippen LogP contribution >= 0.6 is 0 Å². The van der Waals surface area contributed by atoms with Gasteiger partial charge in [-0.1, -0.05) is 44.0 Å². The van der Waals surface area contributed by atoms with E-state index in [0.29, 0.717) is 17.5 Å². The van der Waals surface area contributed by atoms with Crippen LogP contribution in [0.15, 0.2) is 48.5 Å². The maximum atomic E-state index is 14.1. The molecule has 4 rings (SSSR count). The molecule has 0 radical (unpaired) electrons. The van der Waals surface area contributed by atoms with Gasteiger partial charge in [-0.25, -0.2) is 9.29 Å². The zero-order valence-electron chi connectivity index (χ0n) is 19.3. The summed E-state index contributed by atoms with van der Waals surface area (Å²) in [6.45, 7) is 3.36. The summed E-state index contributed by atoms with van der Waals surface area (Å²) in [6.07, 6.45) is 1.65. The summed E-state index contributed by atoms with van der Waals surface area (Å²) in [7, 11) is 1.25. The lowest BCUT2D eigenvalue weighted by Gasteiger charge is -2.32. The van der Waals surface area contributed by atoms with E-state index in [2.05, 4.69) is 5.32 Å². The van der Waals surface area contributed by atoms with Crippen molar-refractivity contribution in [2.45, 2.75) is 44.7 Å². The third-order valence-corrected chi connectivity index (χ3v) is 6.85. The van der Waals surface area contributed by atoms with Crippen LogP contribution in [-0.2, 0) is 19.1 Å². The van der Waals surface area contributed by atoms with E-state index < -0.39 is 47.0 Å². The number of imide groups is 1. The van der Waals surface area contributed by atoms with E-state index in [4.69, 9.17) is 4.74 Å². The quantitative estimate of drug-likeness (QED) is 0.381. The van der Waals surface area contributed by atoms with Crippen molar-refractivity contribution in [2.24, 2.45) is 11.8 Å². The highest BCUT2D eigenvalue weighted by molar-refractivity contribution is 6.24. The maximum absolute atomic E-state index is 14.1. The number of methoxy groups -OCH3 is 1. The van der Waals surface area contributed by atoms with Crippen molar-refractivity contribution in [2.75, 3.05) is 12.0 Å². The van der Waals surface area contributed by atoms with Gasteiger partial charge in [-0.3, -0.25) is 24.5 Å². The Balaban J connectivity index is 1.87. The Morgan fingerprint density at radius 3 is 2.50 bits per heavy atom. The summed E-state index contributed by atoms with van der Waals surface area (Å²) in [5.74, 6) is -4.33. The first-order valence-electron chi connectivity index (χ1n) is 11.4. The van der Waals surface area contributed by atoms with Crippen LogP contribution in [0.4, 0.5) is 10.1 Å². The summed E-state index contributed by atoms with van der Waals surface area (Å²) in [5, 5.41) is 3.23. The van der Waals surface area contributed by atoms with Gasteiger partial charge in [0.15, 0.2) is 5.78 Å². The SMILES string of the molecule is CCCC[C@]1(C(=O)OC)N[C@@H](c2cccc(F)c2)[C@H]2C(=O)N(c3cccc(C(C)=O)c3)C(=O)[C@H]21. The number of rotatable bonds is 7. The van der Waals surface area contributed by atoms with Crippen molar-refractivity contribution in [3.63, 3.8) is 0 Å². The third kappa shape index (κ3) is 3.72. The third-order valence-electron chi connectivity index (χ3n) is 6.85. The topological polar surface area (TPSA) is 92.8 Å². The minimum absolute atomic E-state index is 0.202. The van der Waals surface area contributed by atoms with Crippen LogP contribution in [0.25, 0.3) is 0 Å². The standard InChI is InChI=1S/C26H27FN2O5/c1-4-5-12-26(25(33)34-3)21-20(22(28-26)17-9-6-10-18(27)13-17)23(31)29(24(21)32)19-11-7-8-16(14-19)15(2)30/h6-11,13-14,20-22,28H,4-5,12H2,1-3H3/t20-,21-,22-,26-/m0/s1. The first kappa shape index (κ1) is 23.8. The van der Waals surface area contributed by atoms with Gasteiger partial charge in [-0.2, -0.15) is 0 Å². The first-order valence-corrected chi connectivity index (χ1v) is 11.4. The first-order chi connectivity index (χ1) is 16.2. The molecule has 2 aliphatic rings. The monoisotopic (exact) mass is 466 g/mol. The second kappa shape index (κ2) is 9.10. The van der Waals surface area contributed by atoms with Crippen molar-refractivity contribution >= 4 is 29.3 Å². The number of anilines is 1. The Labute approximate surface area is 197 Å². The number of ether oxygens (including phenoxy) is 1. The van der Waals surface area contributed by atoms with E-state index in [0.717, 1.165) is 11.3 Å². The van der Waals surface area contributed by atoms with E-state index in [9.17, 15) is 23.6 Å². The minimum Gasteiger partial charge on any atom is -0.468 e. The normalized spacial score (nSPS) is 26.0. The predicted octanol–water partition coefficient (Wildman–Crippen LogP) is 3.58. The molecular weight excluding hydrogens is 439 g/mol. The predicted molar refractivity (Wildman–Crippen MR) is 122 cm³/mol. The van der Waals surface area contributed by atoms with Gasteiger partial charge >= 0.3 is 5.97 Å². The highest BCUT2D eigenvalue weighted by Gasteiger charge is 2.68. The van der Waals surface area contributed by atoms with E-state index in [1.165, 1.54) is 38.3 Å². The number of benzene rings is 2. The van der Waals surface area contributed by atoms with Gasteiger partial charge in [-0.05, 0) is 43.2 Å². The molecule has 2 aromatic rings. The van der Waals surface area contributed by atoms with Crippen LogP contribution in [0.3, 0.4) is 0 Å². The van der Waals surface area contributed by atoms with Crippen LogP contribution in [0.5, 0.6) is 0 Å². The Morgan fingerprint density at radius 1 is 1.12 bits per heavy atom. The summed E-state index contributed by atoms with van der Waals surface area (Å²) < 4.78 is 19.2. The molecular formula is C26H27FN2O5. The highest BCUT2D eigenvalue weighted by Crippen LogP contribution is 2.51. The van der Waals surface area contributed by atoms with Gasteiger partial charge in [0.05, 0.1) is 24.6 Å². The van der Waals surface area contributed by atoms with Crippen molar-refractivity contribution in [3.05, 3.63) is 65.5 Å². The Morgan fingerprint density at radius 2 is 1.85 bits per heavy atom. The van der Waals surface area contributed by atoms with Crippen LogP contribution in [0, 0.1) is 17.7 Å². The number of amides is 2. The van der Waals surface area contributed by atoms with E-state index in [1.807, 2.05) is 6.92 Å². The molecule has 0 aliphatic carbocycles.